The summed E-state index contributed by atoms with van der Waals surface area (Å²) in [6.45, 7) is 3.99. The molecule has 2 rings (SSSR count). The average molecular weight is 347 g/mol. The van der Waals surface area contributed by atoms with Crippen LogP contribution in [0.25, 0.3) is 0 Å². The number of carbonyl (C=O) groups is 1. The third-order valence-electron chi connectivity index (χ3n) is 4.31. The number of benzene rings is 1. The quantitative estimate of drug-likeness (QED) is 0.480. The molecule has 1 heterocycles. The first-order valence-corrected chi connectivity index (χ1v) is 8.64. The highest BCUT2D eigenvalue weighted by atomic mass is 16.5. The minimum atomic E-state index is 0.0632. The first-order chi connectivity index (χ1) is 12.1. The van der Waals surface area contributed by atoms with E-state index in [9.17, 15) is 4.79 Å². The predicted octanol–water partition coefficient (Wildman–Crippen LogP) is 0.856. The normalized spacial score (nSPS) is 17.2. The third-order valence-corrected chi connectivity index (χ3v) is 4.31. The molecule has 7 heteroatoms. The number of hydrogen-bond donors (Lipinski definition) is 3. The van der Waals surface area contributed by atoms with E-state index >= 15 is 0 Å². The van der Waals surface area contributed by atoms with Crippen molar-refractivity contribution in [1.82, 2.24) is 15.5 Å². The molecule has 0 radical (unpaired) electrons. The van der Waals surface area contributed by atoms with Gasteiger partial charge >= 0.3 is 0 Å². The number of carbonyl (C=O) groups excluding carboxylic acids is 1. The van der Waals surface area contributed by atoms with Crippen LogP contribution in [0.15, 0.2) is 29.3 Å². The number of ether oxygens (including phenoxy) is 1. The van der Waals surface area contributed by atoms with E-state index in [-0.39, 0.29) is 11.8 Å². The lowest BCUT2D eigenvalue weighted by molar-refractivity contribution is -0.116. The number of hydrogen-bond acceptors (Lipinski definition) is 4. The van der Waals surface area contributed by atoms with Crippen LogP contribution in [0.5, 0.6) is 0 Å². The number of nitrogens with one attached hydrogen (secondary N) is 3. The number of guanidine groups is 1. The van der Waals surface area contributed by atoms with Crippen LogP contribution in [0.2, 0.25) is 0 Å². The Morgan fingerprint density at radius 2 is 2.16 bits per heavy atom. The van der Waals surface area contributed by atoms with Crippen LogP contribution in [0.1, 0.15) is 17.9 Å². The van der Waals surface area contributed by atoms with E-state index in [1.165, 1.54) is 5.56 Å². The third kappa shape index (κ3) is 6.03. The summed E-state index contributed by atoms with van der Waals surface area (Å²) < 4.78 is 5.07. The second-order valence-electron chi connectivity index (χ2n) is 6.21. The van der Waals surface area contributed by atoms with Crippen molar-refractivity contribution < 1.29 is 9.53 Å². The predicted molar refractivity (Wildman–Crippen MR) is 101 cm³/mol. The molecule has 25 heavy (non-hydrogen) atoms. The van der Waals surface area contributed by atoms with Gasteiger partial charge in [-0.2, -0.15) is 0 Å². The molecule has 0 fully saturated rings. The van der Waals surface area contributed by atoms with Gasteiger partial charge in [0.25, 0.3) is 0 Å². The Balaban J connectivity index is 1.80. The van der Waals surface area contributed by atoms with Gasteiger partial charge in [0.05, 0.1) is 6.61 Å². The molecule has 7 nitrogen and oxygen atoms in total. The van der Waals surface area contributed by atoms with Crippen molar-refractivity contribution in [2.75, 3.05) is 59.3 Å². The highest BCUT2D eigenvalue weighted by Gasteiger charge is 2.24. The van der Waals surface area contributed by atoms with Gasteiger partial charge in [-0.05, 0) is 18.7 Å². The number of methoxy groups -OCH3 is 1. The van der Waals surface area contributed by atoms with Crippen molar-refractivity contribution in [2.24, 2.45) is 4.99 Å². The lowest BCUT2D eigenvalue weighted by Gasteiger charge is -2.26. The molecule has 0 saturated carbocycles. The highest BCUT2D eigenvalue weighted by molar-refractivity contribution is 5.94. The molecule has 0 spiro atoms. The fourth-order valence-electron chi connectivity index (χ4n) is 2.85. The van der Waals surface area contributed by atoms with Crippen molar-refractivity contribution >= 4 is 17.6 Å². The van der Waals surface area contributed by atoms with Crippen LogP contribution in [0.4, 0.5) is 5.69 Å². The number of anilines is 1. The summed E-state index contributed by atoms with van der Waals surface area (Å²) in [6.07, 6.45) is 0.487. The summed E-state index contributed by atoms with van der Waals surface area (Å²) in [7, 11) is 5.53. The Morgan fingerprint density at radius 3 is 2.92 bits per heavy atom. The largest absolute Gasteiger partial charge is 0.383 e. The zero-order valence-corrected chi connectivity index (χ0v) is 15.3. The fourth-order valence-corrected chi connectivity index (χ4v) is 2.85. The molecule has 0 aliphatic carbocycles. The minimum absolute atomic E-state index is 0.0632. The second kappa shape index (κ2) is 10.0. The van der Waals surface area contributed by atoms with Crippen LogP contribution in [0.3, 0.4) is 0 Å². The Morgan fingerprint density at radius 1 is 1.36 bits per heavy atom. The number of amides is 1. The van der Waals surface area contributed by atoms with Crippen LogP contribution < -0.4 is 16.0 Å². The molecule has 3 N–H and O–H groups in total. The number of nitrogens with zero attached hydrogens (tertiary/aromatic N) is 2. The van der Waals surface area contributed by atoms with Gasteiger partial charge in [0.2, 0.25) is 5.91 Å². The molecule has 1 amide bonds. The van der Waals surface area contributed by atoms with Gasteiger partial charge in [-0.3, -0.25) is 9.79 Å². The lowest BCUT2D eigenvalue weighted by atomic mass is 9.90. The summed E-state index contributed by atoms with van der Waals surface area (Å²) >= 11 is 0. The number of likely N-dealkylation sites (N-methyl/N-ethyl adjacent to an activating group) is 1. The highest BCUT2D eigenvalue weighted by Crippen LogP contribution is 2.31. The number of fused-ring (bicyclic) bond motifs is 1. The number of para-hydroxylation sites is 1. The summed E-state index contributed by atoms with van der Waals surface area (Å²) in [5.74, 6) is 0.963. The molecule has 1 aliphatic rings. The minimum Gasteiger partial charge on any atom is -0.383 e. The van der Waals surface area contributed by atoms with Gasteiger partial charge in [-0.25, -0.2) is 0 Å². The van der Waals surface area contributed by atoms with E-state index in [4.69, 9.17) is 4.74 Å². The number of rotatable bonds is 8. The van der Waals surface area contributed by atoms with E-state index in [1.807, 2.05) is 18.2 Å². The van der Waals surface area contributed by atoms with E-state index in [0.717, 1.165) is 37.9 Å². The van der Waals surface area contributed by atoms with E-state index in [2.05, 4.69) is 39.0 Å². The van der Waals surface area contributed by atoms with Gasteiger partial charge in [0.15, 0.2) is 5.96 Å². The first kappa shape index (κ1) is 19.2. The van der Waals surface area contributed by atoms with Gasteiger partial charge in [0.1, 0.15) is 0 Å². The van der Waals surface area contributed by atoms with Crippen molar-refractivity contribution in [3.63, 3.8) is 0 Å². The monoisotopic (exact) mass is 347 g/mol. The van der Waals surface area contributed by atoms with Gasteiger partial charge < -0.3 is 25.6 Å². The van der Waals surface area contributed by atoms with Gasteiger partial charge in [0, 0.05) is 58.4 Å². The zero-order valence-electron chi connectivity index (χ0n) is 15.3. The molecule has 1 aromatic rings. The Hall–Kier alpha value is -2.12. The molecule has 1 aliphatic heterocycles. The molecule has 0 bridgehead atoms. The maximum Gasteiger partial charge on any atom is 0.225 e. The maximum absolute atomic E-state index is 11.9. The molecule has 1 atom stereocenters. The van der Waals surface area contributed by atoms with Crippen molar-refractivity contribution in [3.8, 4) is 0 Å². The van der Waals surface area contributed by atoms with Crippen LogP contribution in [-0.2, 0) is 9.53 Å². The molecular formula is C18H29N5O2. The average Bonchev–Trinajstić information content (AvgIpc) is 2.62. The Bertz CT molecular complexity index is 591. The Labute approximate surface area is 149 Å². The smallest absolute Gasteiger partial charge is 0.225 e. The van der Waals surface area contributed by atoms with Crippen molar-refractivity contribution in [3.05, 3.63) is 29.8 Å². The van der Waals surface area contributed by atoms with Crippen LogP contribution in [0, 0.1) is 0 Å². The SMILES string of the molecule is CN=C(NCCN(C)CCOC)NCC1CC(=O)Nc2ccccc21. The summed E-state index contributed by atoms with van der Waals surface area (Å²) in [6, 6.07) is 7.96. The molecular weight excluding hydrogens is 318 g/mol. The summed E-state index contributed by atoms with van der Waals surface area (Å²) in [5, 5.41) is 9.57. The van der Waals surface area contributed by atoms with E-state index in [0.29, 0.717) is 13.0 Å². The molecule has 0 saturated heterocycles. The summed E-state index contributed by atoms with van der Waals surface area (Å²) in [4.78, 5) is 18.3. The standard InChI is InChI=1S/C18H29N5O2/c1-19-18(20-8-9-23(2)10-11-25-3)21-13-14-12-17(24)22-16-7-5-4-6-15(14)16/h4-7,14H,8-13H2,1-3H3,(H,22,24)(H2,19,20,21). The topological polar surface area (TPSA) is 78.0 Å². The van der Waals surface area contributed by atoms with Gasteiger partial charge in [-0.15, -0.1) is 0 Å². The molecule has 0 aromatic heterocycles. The first-order valence-electron chi connectivity index (χ1n) is 8.64. The molecule has 1 aromatic carbocycles. The van der Waals surface area contributed by atoms with Crippen LogP contribution >= 0.6 is 0 Å². The van der Waals surface area contributed by atoms with E-state index < -0.39 is 0 Å². The fraction of sp³-hybridized carbons (Fsp3) is 0.556. The number of aliphatic imine (C=N–C) groups is 1. The lowest BCUT2D eigenvalue weighted by Crippen LogP contribution is -2.43. The second-order valence-corrected chi connectivity index (χ2v) is 6.21. The van der Waals surface area contributed by atoms with Crippen molar-refractivity contribution in [1.29, 1.82) is 0 Å². The summed E-state index contributed by atoms with van der Waals surface area (Å²) in [5.41, 5.74) is 2.08. The zero-order chi connectivity index (χ0) is 18.1. The van der Waals surface area contributed by atoms with Crippen molar-refractivity contribution in [2.45, 2.75) is 12.3 Å². The van der Waals surface area contributed by atoms with Crippen LogP contribution in [-0.4, -0.2) is 70.8 Å². The van der Waals surface area contributed by atoms with E-state index in [1.54, 1.807) is 14.2 Å². The maximum atomic E-state index is 11.9. The molecule has 1 unspecified atom stereocenters. The van der Waals surface area contributed by atoms with Gasteiger partial charge in [-0.1, -0.05) is 18.2 Å². The molecule has 138 valence electrons. The Kier molecular flexibility index (Phi) is 7.69.